The van der Waals surface area contributed by atoms with Crippen molar-refractivity contribution in [1.82, 2.24) is 9.29 Å². The first-order chi connectivity index (χ1) is 12.0. The molecule has 1 unspecified atom stereocenters. The van der Waals surface area contributed by atoms with Gasteiger partial charge in [0.15, 0.2) is 0 Å². The van der Waals surface area contributed by atoms with Crippen LogP contribution in [0.5, 0.6) is 0 Å². The minimum Gasteiger partial charge on any atom is -0.350 e. The van der Waals surface area contributed by atoms with E-state index in [0.29, 0.717) is 24.3 Å². The summed E-state index contributed by atoms with van der Waals surface area (Å²) in [5.41, 5.74) is 2.73. The SMILES string of the molecule is CCC(c1cn(C)c2cc(C(=O)NS(=O)(=O)C3CC3)ccc12)C(C)(C)C. The normalized spacial score (nSPS) is 16.7. The molecule has 0 radical (unpaired) electrons. The molecule has 1 atom stereocenters. The number of benzene rings is 1. The van der Waals surface area contributed by atoms with Crippen LogP contribution >= 0.6 is 0 Å². The maximum Gasteiger partial charge on any atom is 0.264 e. The molecule has 3 rings (SSSR count). The molecule has 0 aliphatic heterocycles. The van der Waals surface area contributed by atoms with Crippen LogP contribution in [-0.2, 0) is 17.1 Å². The lowest BCUT2D eigenvalue weighted by Gasteiger charge is -2.29. The molecule has 1 heterocycles. The maximum absolute atomic E-state index is 12.4. The summed E-state index contributed by atoms with van der Waals surface area (Å²) in [7, 11) is -1.57. The van der Waals surface area contributed by atoms with Gasteiger partial charge in [-0.15, -0.1) is 0 Å². The average Bonchev–Trinajstić information content (AvgIpc) is 3.33. The van der Waals surface area contributed by atoms with Crippen molar-refractivity contribution in [2.75, 3.05) is 0 Å². The molecule has 0 saturated heterocycles. The molecule has 1 saturated carbocycles. The first-order valence-corrected chi connectivity index (χ1v) is 10.7. The number of carbonyl (C=O) groups is 1. The molecule has 1 fully saturated rings. The van der Waals surface area contributed by atoms with Crippen molar-refractivity contribution in [2.24, 2.45) is 12.5 Å². The van der Waals surface area contributed by atoms with E-state index >= 15 is 0 Å². The lowest BCUT2D eigenvalue weighted by molar-refractivity contribution is 0.0981. The quantitative estimate of drug-likeness (QED) is 0.859. The number of nitrogens with one attached hydrogen (secondary N) is 1. The van der Waals surface area contributed by atoms with Gasteiger partial charge < -0.3 is 4.57 Å². The van der Waals surface area contributed by atoms with Gasteiger partial charge in [0, 0.05) is 29.7 Å². The Bertz CT molecular complexity index is 947. The zero-order chi connectivity index (χ0) is 19.3. The number of aryl methyl sites for hydroxylation is 1. The summed E-state index contributed by atoms with van der Waals surface area (Å²) in [5, 5.41) is 0.713. The fourth-order valence-corrected chi connectivity index (χ4v) is 5.08. The summed E-state index contributed by atoms with van der Waals surface area (Å²) in [6.45, 7) is 8.92. The zero-order valence-corrected chi connectivity index (χ0v) is 17.0. The molecule has 1 aromatic carbocycles. The summed E-state index contributed by atoms with van der Waals surface area (Å²) in [5.74, 6) is -0.148. The number of rotatable bonds is 5. The second-order valence-corrected chi connectivity index (χ2v) is 10.4. The van der Waals surface area contributed by atoms with Gasteiger partial charge in [-0.25, -0.2) is 13.1 Å². The third kappa shape index (κ3) is 3.52. The Morgan fingerprint density at radius 3 is 2.50 bits per heavy atom. The van der Waals surface area contributed by atoms with Crippen LogP contribution in [0.25, 0.3) is 10.9 Å². The maximum atomic E-state index is 12.4. The van der Waals surface area contributed by atoms with Gasteiger partial charge in [-0.3, -0.25) is 4.79 Å². The Labute approximate surface area is 155 Å². The lowest BCUT2D eigenvalue weighted by Crippen LogP contribution is -2.33. The van der Waals surface area contributed by atoms with Crippen molar-refractivity contribution in [1.29, 1.82) is 0 Å². The van der Waals surface area contributed by atoms with E-state index in [9.17, 15) is 13.2 Å². The summed E-state index contributed by atoms with van der Waals surface area (Å²) in [6, 6.07) is 5.45. The number of hydrogen-bond donors (Lipinski definition) is 1. The number of carbonyl (C=O) groups excluding carboxylic acids is 1. The van der Waals surface area contributed by atoms with Crippen LogP contribution in [0.1, 0.15) is 68.8 Å². The van der Waals surface area contributed by atoms with Gasteiger partial charge in [0.1, 0.15) is 0 Å². The molecule has 6 heteroatoms. The average molecular weight is 377 g/mol. The Hall–Kier alpha value is -1.82. The van der Waals surface area contributed by atoms with Crippen LogP contribution in [0.4, 0.5) is 0 Å². The molecule has 1 aliphatic carbocycles. The number of nitrogens with zero attached hydrogens (tertiary/aromatic N) is 1. The van der Waals surface area contributed by atoms with E-state index in [0.717, 1.165) is 17.3 Å². The number of sulfonamides is 1. The highest BCUT2D eigenvalue weighted by molar-refractivity contribution is 7.91. The van der Waals surface area contributed by atoms with Crippen molar-refractivity contribution in [2.45, 2.75) is 58.1 Å². The molecule has 2 aromatic rings. The highest BCUT2D eigenvalue weighted by Crippen LogP contribution is 2.41. The second-order valence-electron chi connectivity index (χ2n) is 8.43. The van der Waals surface area contributed by atoms with Gasteiger partial charge in [-0.1, -0.05) is 33.8 Å². The largest absolute Gasteiger partial charge is 0.350 e. The Morgan fingerprint density at radius 2 is 1.96 bits per heavy atom. The van der Waals surface area contributed by atoms with Gasteiger partial charge in [0.2, 0.25) is 10.0 Å². The van der Waals surface area contributed by atoms with Crippen molar-refractivity contribution < 1.29 is 13.2 Å². The third-order valence-electron chi connectivity index (χ3n) is 5.31. The number of amides is 1. The number of hydrogen-bond acceptors (Lipinski definition) is 3. The fourth-order valence-electron chi connectivity index (χ4n) is 3.78. The number of aromatic nitrogens is 1. The molecule has 1 N–H and O–H groups in total. The lowest BCUT2D eigenvalue weighted by atomic mass is 9.75. The summed E-state index contributed by atoms with van der Waals surface area (Å²) in [6.07, 6.45) is 4.43. The molecule has 1 aromatic heterocycles. The van der Waals surface area contributed by atoms with E-state index in [-0.39, 0.29) is 5.41 Å². The van der Waals surface area contributed by atoms with Crippen LogP contribution in [-0.4, -0.2) is 24.1 Å². The molecule has 0 spiro atoms. The highest BCUT2D eigenvalue weighted by Gasteiger charge is 2.37. The molecular formula is C20H28N2O3S. The topological polar surface area (TPSA) is 68.2 Å². The predicted octanol–water partition coefficient (Wildman–Crippen LogP) is 3.94. The van der Waals surface area contributed by atoms with Crippen LogP contribution < -0.4 is 4.72 Å². The Balaban J connectivity index is 1.97. The van der Waals surface area contributed by atoms with E-state index in [2.05, 4.69) is 38.6 Å². The minimum absolute atomic E-state index is 0.136. The zero-order valence-electron chi connectivity index (χ0n) is 16.2. The van der Waals surface area contributed by atoms with E-state index < -0.39 is 21.2 Å². The first kappa shape index (κ1) is 19.0. The molecule has 1 amide bonds. The first-order valence-electron chi connectivity index (χ1n) is 9.19. The summed E-state index contributed by atoms with van der Waals surface area (Å²) in [4.78, 5) is 12.4. The monoisotopic (exact) mass is 376 g/mol. The molecule has 5 nitrogen and oxygen atoms in total. The van der Waals surface area contributed by atoms with Crippen molar-refractivity contribution in [3.63, 3.8) is 0 Å². The van der Waals surface area contributed by atoms with Gasteiger partial charge in [0.25, 0.3) is 5.91 Å². The van der Waals surface area contributed by atoms with Crippen molar-refractivity contribution in [3.8, 4) is 0 Å². The van der Waals surface area contributed by atoms with Gasteiger partial charge in [-0.2, -0.15) is 0 Å². The van der Waals surface area contributed by atoms with Gasteiger partial charge in [0.05, 0.1) is 5.25 Å². The minimum atomic E-state index is -3.54. The second kappa shape index (κ2) is 6.41. The molecule has 0 bridgehead atoms. The van der Waals surface area contributed by atoms with Crippen LogP contribution in [0.3, 0.4) is 0 Å². The summed E-state index contributed by atoms with van der Waals surface area (Å²) < 4.78 is 28.3. The Morgan fingerprint density at radius 1 is 1.31 bits per heavy atom. The van der Waals surface area contributed by atoms with Crippen molar-refractivity contribution in [3.05, 3.63) is 35.5 Å². The number of fused-ring (bicyclic) bond motifs is 1. The van der Waals surface area contributed by atoms with Crippen LogP contribution in [0.15, 0.2) is 24.4 Å². The third-order valence-corrected chi connectivity index (χ3v) is 7.13. The molecule has 1 aliphatic rings. The predicted molar refractivity (Wildman–Crippen MR) is 105 cm³/mol. The van der Waals surface area contributed by atoms with Crippen molar-refractivity contribution >= 4 is 26.8 Å². The van der Waals surface area contributed by atoms with Crippen LogP contribution in [0, 0.1) is 5.41 Å². The molecule has 142 valence electrons. The smallest absolute Gasteiger partial charge is 0.264 e. The van der Waals surface area contributed by atoms with E-state index in [1.54, 1.807) is 12.1 Å². The van der Waals surface area contributed by atoms with Crippen LogP contribution in [0.2, 0.25) is 0 Å². The van der Waals surface area contributed by atoms with E-state index in [1.807, 2.05) is 17.7 Å². The van der Waals surface area contributed by atoms with Gasteiger partial charge in [-0.05, 0) is 48.3 Å². The standard InChI is InChI=1S/C20H28N2O3S/c1-6-17(20(2,3)4)16-12-22(5)18-11-13(7-10-15(16)18)19(23)21-26(24,25)14-8-9-14/h7,10-12,14,17H,6,8-9H2,1-5H3,(H,21,23). The highest BCUT2D eigenvalue weighted by atomic mass is 32.2. The molecular weight excluding hydrogens is 348 g/mol. The van der Waals surface area contributed by atoms with E-state index in [4.69, 9.17) is 0 Å². The fraction of sp³-hybridized carbons (Fsp3) is 0.550. The molecule has 26 heavy (non-hydrogen) atoms. The summed E-state index contributed by atoms with van der Waals surface area (Å²) >= 11 is 0. The van der Waals surface area contributed by atoms with E-state index in [1.165, 1.54) is 5.56 Å². The van der Waals surface area contributed by atoms with Gasteiger partial charge >= 0.3 is 0 Å². The Kier molecular flexibility index (Phi) is 4.67.